The zero-order valence-electron chi connectivity index (χ0n) is 10.1. The first-order chi connectivity index (χ1) is 8.80. The number of halogens is 9. The molecule has 0 spiro atoms. The molecule has 0 aromatic rings. The average molecular weight is 335 g/mol. The van der Waals surface area contributed by atoms with E-state index in [2.05, 4.69) is 4.74 Å². The van der Waals surface area contributed by atoms with Crippen molar-refractivity contribution in [3.63, 3.8) is 0 Å². The Hall–Kier alpha value is -0.310. The smallest absolute Gasteiger partial charge is 0.377 e. The summed E-state index contributed by atoms with van der Waals surface area (Å²) in [6.45, 7) is 1.16. The Morgan fingerprint density at radius 2 is 1.40 bits per heavy atom. The SMILES string of the molecule is CCO[C@@H]1C[C@@](F)(C(F)(F)F)[C@@](F)(C(F)(F)F)C[C@@H]1Cl. The third-order valence-corrected chi connectivity index (χ3v) is 3.71. The zero-order valence-corrected chi connectivity index (χ0v) is 10.8. The van der Waals surface area contributed by atoms with Crippen molar-refractivity contribution in [1.29, 1.82) is 0 Å². The molecule has 0 aromatic heterocycles. The van der Waals surface area contributed by atoms with Crippen LogP contribution in [0.5, 0.6) is 0 Å². The molecule has 1 aliphatic rings. The maximum absolute atomic E-state index is 14.0. The molecule has 0 aliphatic heterocycles. The number of alkyl halides is 9. The molecule has 0 heterocycles. The van der Waals surface area contributed by atoms with Crippen LogP contribution >= 0.6 is 11.6 Å². The summed E-state index contributed by atoms with van der Waals surface area (Å²) in [5, 5.41) is -1.72. The summed E-state index contributed by atoms with van der Waals surface area (Å²) < 4.78 is 109. The number of ether oxygens (including phenoxy) is 1. The van der Waals surface area contributed by atoms with Gasteiger partial charge in [0.25, 0.3) is 5.67 Å². The van der Waals surface area contributed by atoms with Gasteiger partial charge in [0, 0.05) is 19.4 Å². The van der Waals surface area contributed by atoms with Crippen molar-refractivity contribution in [2.75, 3.05) is 6.61 Å². The van der Waals surface area contributed by atoms with E-state index in [1.54, 1.807) is 0 Å². The largest absolute Gasteiger partial charge is 0.426 e. The maximum Gasteiger partial charge on any atom is 0.426 e. The molecule has 1 saturated carbocycles. The van der Waals surface area contributed by atoms with Crippen LogP contribution in [0, 0.1) is 0 Å². The first kappa shape index (κ1) is 17.7. The van der Waals surface area contributed by atoms with Crippen LogP contribution in [-0.4, -0.2) is 41.8 Å². The fourth-order valence-electron chi connectivity index (χ4n) is 2.19. The second-order valence-corrected chi connectivity index (χ2v) is 5.08. The molecule has 1 nitrogen and oxygen atoms in total. The summed E-state index contributed by atoms with van der Waals surface area (Å²) in [6, 6.07) is 0. The van der Waals surface area contributed by atoms with E-state index < -0.39 is 48.0 Å². The van der Waals surface area contributed by atoms with Crippen LogP contribution in [0.3, 0.4) is 0 Å². The van der Waals surface area contributed by atoms with Gasteiger partial charge in [0.05, 0.1) is 11.5 Å². The van der Waals surface area contributed by atoms with Crippen molar-refractivity contribution in [1.82, 2.24) is 0 Å². The molecule has 1 aliphatic carbocycles. The lowest BCUT2D eigenvalue weighted by molar-refractivity contribution is -0.359. The lowest BCUT2D eigenvalue weighted by Gasteiger charge is -2.48. The van der Waals surface area contributed by atoms with E-state index in [9.17, 15) is 35.1 Å². The Kier molecular flexibility index (Phi) is 4.57. The van der Waals surface area contributed by atoms with Crippen molar-refractivity contribution < 1.29 is 39.9 Å². The molecule has 20 heavy (non-hydrogen) atoms. The first-order valence-electron chi connectivity index (χ1n) is 5.57. The monoisotopic (exact) mass is 334 g/mol. The van der Waals surface area contributed by atoms with Crippen LogP contribution < -0.4 is 0 Å². The Morgan fingerprint density at radius 1 is 1.00 bits per heavy atom. The van der Waals surface area contributed by atoms with Gasteiger partial charge in [-0.3, -0.25) is 0 Å². The average Bonchev–Trinajstić information content (AvgIpc) is 2.23. The molecule has 0 saturated heterocycles. The quantitative estimate of drug-likeness (QED) is 0.539. The molecule has 0 N–H and O–H groups in total. The first-order valence-corrected chi connectivity index (χ1v) is 6.00. The second kappa shape index (κ2) is 5.15. The Bertz CT molecular complexity index is 356. The van der Waals surface area contributed by atoms with Gasteiger partial charge in [-0.05, 0) is 6.92 Å². The fraction of sp³-hybridized carbons (Fsp3) is 1.00. The van der Waals surface area contributed by atoms with Crippen LogP contribution in [0.15, 0.2) is 0 Å². The van der Waals surface area contributed by atoms with Gasteiger partial charge in [0.1, 0.15) is 0 Å². The van der Waals surface area contributed by atoms with Crippen molar-refractivity contribution >= 4 is 11.6 Å². The molecule has 1 fully saturated rings. The molecule has 0 unspecified atom stereocenters. The third kappa shape index (κ3) is 2.58. The Labute approximate surface area is 114 Å². The van der Waals surface area contributed by atoms with E-state index in [4.69, 9.17) is 11.6 Å². The van der Waals surface area contributed by atoms with E-state index >= 15 is 0 Å². The summed E-state index contributed by atoms with van der Waals surface area (Å²) in [5.41, 5.74) is -10.2. The predicted octanol–water partition coefficient (Wildman–Crippen LogP) is 4.33. The minimum Gasteiger partial charge on any atom is -0.377 e. The zero-order chi connectivity index (χ0) is 16.0. The topological polar surface area (TPSA) is 9.23 Å². The highest BCUT2D eigenvalue weighted by Gasteiger charge is 2.81. The van der Waals surface area contributed by atoms with E-state index in [-0.39, 0.29) is 6.61 Å². The summed E-state index contributed by atoms with van der Waals surface area (Å²) >= 11 is 5.43. The van der Waals surface area contributed by atoms with Crippen molar-refractivity contribution in [2.24, 2.45) is 0 Å². The van der Waals surface area contributed by atoms with Crippen LogP contribution in [0.2, 0.25) is 0 Å². The van der Waals surface area contributed by atoms with Gasteiger partial charge in [-0.25, -0.2) is 8.78 Å². The van der Waals surface area contributed by atoms with Crippen LogP contribution in [-0.2, 0) is 4.74 Å². The van der Waals surface area contributed by atoms with Crippen LogP contribution in [0.1, 0.15) is 19.8 Å². The number of rotatable bonds is 2. The van der Waals surface area contributed by atoms with Gasteiger partial charge in [-0.15, -0.1) is 11.6 Å². The highest BCUT2D eigenvalue weighted by Crippen LogP contribution is 2.59. The molecule has 4 atom stereocenters. The van der Waals surface area contributed by atoms with Gasteiger partial charge >= 0.3 is 12.4 Å². The molecular formula is C10H11ClF8O. The lowest BCUT2D eigenvalue weighted by atomic mass is 9.71. The van der Waals surface area contributed by atoms with E-state index in [0.29, 0.717) is 0 Å². The van der Waals surface area contributed by atoms with E-state index in [0.717, 1.165) is 0 Å². The van der Waals surface area contributed by atoms with E-state index in [1.165, 1.54) is 6.92 Å². The molecule has 10 heteroatoms. The standard InChI is InChI=1S/C10H11ClF8O/c1-2-20-6-4-8(13,10(17,18)19)7(12,3-5(6)11)9(14,15)16/h5-6H,2-4H2,1H3/t5-,6+,7+,8-/m0/s1. The van der Waals surface area contributed by atoms with Gasteiger partial charge in [-0.2, -0.15) is 26.3 Å². The minimum absolute atomic E-state index is 0.187. The minimum atomic E-state index is -6.04. The third-order valence-electron chi connectivity index (χ3n) is 3.27. The molecule has 1 rings (SSSR count). The lowest BCUT2D eigenvalue weighted by Crippen LogP contribution is -2.69. The second-order valence-electron chi connectivity index (χ2n) is 4.52. The van der Waals surface area contributed by atoms with Gasteiger partial charge in [0.2, 0.25) is 5.67 Å². The molecule has 0 aromatic carbocycles. The van der Waals surface area contributed by atoms with Crippen molar-refractivity contribution in [3.05, 3.63) is 0 Å². The number of hydrogen-bond donors (Lipinski definition) is 0. The van der Waals surface area contributed by atoms with Crippen LogP contribution in [0.4, 0.5) is 35.1 Å². The normalized spacial score (nSPS) is 39.9. The highest BCUT2D eigenvalue weighted by atomic mass is 35.5. The van der Waals surface area contributed by atoms with Gasteiger partial charge in [-0.1, -0.05) is 0 Å². The maximum atomic E-state index is 14.0. The Morgan fingerprint density at radius 3 is 1.75 bits per heavy atom. The fourth-order valence-corrected chi connectivity index (χ4v) is 2.56. The molecule has 120 valence electrons. The summed E-state index contributed by atoms with van der Waals surface area (Å²) in [6.07, 6.45) is -17.4. The van der Waals surface area contributed by atoms with Gasteiger partial charge < -0.3 is 4.74 Å². The van der Waals surface area contributed by atoms with Crippen molar-refractivity contribution in [2.45, 2.75) is 54.9 Å². The van der Waals surface area contributed by atoms with Crippen LogP contribution in [0.25, 0.3) is 0 Å². The summed E-state index contributed by atoms with van der Waals surface area (Å²) in [7, 11) is 0. The molecule has 0 radical (unpaired) electrons. The highest BCUT2D eigenvalue weighted by molar-refractivity contribution is 6.21. The molecule has 0 amide bonds. The summed E-state index contributed by atoms with van der Waals surface area (Å²) in [5.74, 6) is 0. The van der Waals surface area contributed by atoms with E-state index in [1.807, 2.05) is 0 Å². The summed E-state index contributed by atoms with van der Waals surface area (Å²) in [4.78, 5) is 0. The van der Waals surface area contributed by atoms with Crippen molar-refractivity contribution in [3.8, 4) is 0 Å². The number of hydrogen-bond acceptors (Lipinski definition) is 1. The Balaban J connectivity index is 3.30. The molecule has 0 bridgehead atoms. The molecular weight excluding hydrogens is 324 g/mol. The van der Waals surface area contributed by atoms with Gasteiger partial charge in [0.15, 0.2) is 0 Å². The predicted molar refractivity (Wildman–Crippen MR) is 54.1 cm³/mol.